The summed E-state index contributed by atoms with van der Waals surface area (Å²) in [5, 5.41) is 5.23. The topological polar surface area (TPSA) is 51.0 Å². The minimum atomic E-state index is 0.477. The van der Waals surface area contributed by atoms with Crippen LogP contribution in [0.4, 0.5) is 5.82 Å². The molecule has 7 heteroatoms. The average molecular weight is 304 g/mol. The molecular weight excluding hydrogens is 293 g/mol. The number of halogens is 2. The van der Waals surface area contributed by atoms with E-state index in [1.54, 1.807) is 12.3 Å². The molecule has 2 aromatic rings. The maximum absolute atomic E-state index is 6.09. The first-order valence-corrected chi connectivity index (χ1v) is 6.95. The summed E-state index contributed by atoms with van der Waals surface area (Å²) in [5.41, 5.74) is 0. The van der Waals surface area contributed by atoms with E-state index in [0.29, 0.717) is 26.1 Å². The number of hydrogen-bond acceptors (Lipinski definition) is 5. The van der Waals surface area contributed by atoms with E-state index < -0.39 is 0 Å². The maximum Gasteiger partial charge on any atom is 0.262 e. The summed E-state index contributed by atoms with van der Waals surface area (Å²) >= 11 is 13.4. The highest BCUT2D eigenvalue weighted by Gasteiger charge is 2.12. The second-order valence-corrected chi connectivity index (χ2v) is 5.19. The van der Waals surface area contributed by atoms with Crippen LogP contribution in [-0.4, -0.2) is 16.5 Å². The van der Waals surface area contributed by atoms with Gasteiger partial charge in [0.25, 0.3) is 5.22 Å². The van der Waals surface area contributed by atoms with E-state index in [9.17, 15) is 0 Å². The van der Waals surface area contributed by atoms with Crippen molar-refractivity contribution < 1.29 is 4.42 Å². The molecule has 96 valence electrons. The highest BCUT2D eigenvalue weighted by Crippen LogP contribution is 2.35. The molecule has 1 N–H and O–H groups in total. The predicted molar refractivity (Wildman–Crippen MR) is 73.7 cm³/mol. The molecule has 0 radical (unpaired) electrons. The number of hydrogen-bond donors (Lipinski definition) is 1. The fraction of sp³-hybridized carbons (Fsp3) is 0.273. The van der Waals surface area contributed by atoms with Crippen molar-refractivity contribution in [2.75, 3.05) is 11.9 Å². The Labute approximate surface area is 119 Å². The summed E-state index contributed by atoms with van der Waals surface area (Å²) < 4.78 is 5.14. The van der Waals surface area contributed by atoms with Gasteiger partial charge in [0.15, 0.2) is 0 Å². The Balaban J connectivity index is 2.23. The Morgan fingerprint density at radius 3 is 2.89 bits per heavy atom. The van der Waals surface area contributed by atoms with Gasteiger partial charge in [0.05, 0.1) is 16.2 Å². The molecule has 0 aliphatic carbocycles. The molecule has 2 heterocycles. The van der Waals surface area contributed by atoms with Crippen LogP contribution in [0.3, 0.4) is 0 Å². The van der Waals surface area contributed by atoms with Crippen LogP contribution in [-0.2, 0) is 0 Å². The van der Waals surface area contributed by atoms with Crippen molar-refractivity contribution in [3.05, 3.63) is 28.6 Å². The van der Waals surface area contributed by atoms with E-state index in [1.165, 1.54) is 18.0 Å². The van der Waals surface area contributed by atoms with E-state index in [0.717, 1.165) is 13.0 Å². The normalized spacial score (nSPS) is 10.6. The predicted octanol–water partition coefficient (Wildman–Crippen LogP) is 4.35. The monoisotopic (exact) mass is 303 g/mol. The summed E-state index contributed by atoms with van der Waals surface area (Å²) in [6.45, 7) is 2.87. The van der Waals surface area contributed by atoms with Crippen molar-refractivity contribution in [2.24, 2.45) is 0 Å². The van der Waals surface area contributed by atoms with Crippen LogP contribution in [0.15, 0.2) is 33.2 Å². The van der Waals surface area contributed by atoms with Crippen molar-refractivity contribution in [3.8, 4) is 0 Å². The molecule has 0 aliphatic heterocycles. The minimum Gasteiger partial charge on any atom is -0.440 e. The Bertz CT molecular complexity index is 519. The summed E-state index contributed by atoms with van der Waals surface area (Å²) in [7, 11) is 0. The summed E-state index contributed by atoms with van der Waals surface area (Å²) in [5.74, 6) is 0.622. The Morgan fingerprint density at radius 2 is 2.22 bits per heavy atom. The third kappa shape index (κ3) is 3.31. The van der Waals surface area contributed by atoms with Crippen LogP contribution >= 0.6 is 35.0 Å². The molecule has 0 aliphatic rings. The number of nitrogens with one attached hydrogen (secondary N) is 1. The molecule has 0 saturated heterocycles. The number of rotatable bonds is 5. The second kappa shape index (κ2) is 6.31. The van der Waals surface area contributed by atoms with E-state index in [4.69, 9.17) is 27.6 Å². The SMILES string of the molecule is CCCNc1nc(Sc2ncco2)c(Cl)cc1Cl. The zero-order chi connectivity index (χ0) is 13.0. The summed E-state index contributed by atoms with van der Waals surface area (Å²) in [4.78, 5) is 8.38. The van der Waals surface area contributed by atoms with Gasteiger partial charge in [-0.2, -0.15) is 0 Å². The molecule has 0 aromatic carbocycles. The zero-order valence-electron chi connectivity index (χ0n) is 9.61. The third-order valence-electron chi connectivity index (χ3n) is 2.03. The van der Waals surface area contributed by atoms with E-state index in [1.807, 2.05) is 0 Å². The number of aromatic nitrogens is 2. The highest BCUT2D eigenvalue weighted by molar-refractivity contribution is 7.99. The van der Waals surface area contributed by atoms with Gasteiger partial charge in [-0.3, -0.25) is 0 Å². The van der Waals surface area contributed by atoms with Crippen LogP contribution in [0.5, 0.6) is 0 Å². The lowest BCUT2D eigenvalue weighted by Gasteiger charge is -2.08. The van der Waals surface area contributed by atoms with E-state index in [-0.39, 0.29) is 0 Å². The van der Waals surface area contributed by atoms with Gasteiger partial charge < -0.3 is 9.73 Å². The zero-order valence-corrected chi connectivity index (χ0v) is 11.9. The van der Waals surface area contributed by atoms with Crippen LogP contribution < -0.4 is 5.32 Å². The summed E-state index contributed by atoms with van der Waals surface area (Å²) in [6.07, 6.45) is 4.06. The maximum atomic E-state index is 6.09. The standard InChI is InChI=1S/C11H11Cl2N3OS/c1-2-3-14-9-7(12)6-8(13)10(16-9)18-11-15-4-5-17-11/h4-6H,2-3H2,1H3,(H,14,16). The Morgan fingerprint density at radius 1 is 1.39 bits per heavy atom. The number of pyridine rings is 1. The lowest BCUT2D eigenvalue weighted by Crippen LogP contribution is -2.03. The molecule has 0 atom stereocenters. The first kappa shape index (κ1) is 13.5. The molecule has 0 saturated carbocycles. The molecule has 0 unspecified atom stereocenters. The van der Waals surface area contributed by atoms with Gasteiger partial charge in [-0.15, -0.1) is 0 Å². The molecular formula is C11H11Cl2N3OS. The molecule has 0 spiro atoms. The fourth-order valence-electron chi connectivity index (χ4n) is 1.23. The first-order valence-electron chi connectivity index (χ1n) is 5.38. The number of oxazole rings is 1. The van der Waals surface area contributed by atoms with Crippen LogP contribution in [0.2, 0.25) is 10.0 Å². The first-order chi connectivity index (χ1) is 8.70. The van der Waals surface area contributed by atoms with Crippen molar-refractivity contribution >= 4 is 40.8 Å². The second-order valence-electron chi connectivity index (χ2n) is 3.43. The van der Waals surface area contributed by atoms with Crippen molar-refractivity contribution in [3.63, 3.8) is 0 Å². The van der Waals surface area contributed by atoms with Crippen molar-refractivity contribution in [1.82, 2.24) is 9.97 Å². The molecule has 2 rings (SSSR count). The molecule has 0 amide bonds. The highest BCUT2D eigenvalue weighted by atomic mass is 35.5. The van der Waals surface area contributed by atoms with Gasteiger partial charge in [-0.25, -0.2) is 9.97 Å². The number of nitrogens with zero attached hydrogens (tertiary/aromatic N) is 2. The fourth-order valence-corrected chi connectivity index (χ4v) is 2.45. The minimum absolute atomic E-state index is 0.477. The van der Waals surface area contributed by atoms with Gasteiger partial charge in [-0.05, 0) is 24.2 Å². The Hall–Kier alpha value is -0.910. The van der Waals surface area contributed by atoms with Gasteiger partial charge in [0.2, 0.25) is 0 Å². The average Bonchev–Trinajstić information content (AvgIpc) is 2.84. The molecule has 4 nitrogen and oxygen atoms in total. The molecule has 0 bridgehead atoms. The van der Waals surface area contributed by atoms with Crippen molar-refractivity contribution in [2.45, 2.75) is 23.6 Å². The smallest absolute Gasteiger partial charge is 0.262 e. The van der Waals surface area contributed by atoms with Crippen LogP contribution in [0.25, 0.3) is 0 Å². The lowest BCUT2D eigenvalue weighted by molar-refractivity contribution is 0.454. The van der Waals surface area contributed by atoms with Gasteiger partial charge >= 0.3 is 0 Å². The van der Waals surface area contributed by atoms with E-state index >= 15 is 0 Å². The van der Waals surface area contributed by atoms with Crippen LogP contribution in [0, 0.1) is 0 Å². The van der Waals surface area contributed by atoms with Crippen LogP contribution in [0.1, 0.15) is 13.3 Å². The third-order valence-corrected chi connectivity index (χ3v) is 3.60. The van der Waals surface area contributed by atoms with Crippen molar-refractivity contribution in [1.29, 1.82) is 0 Å². The van der Waals surface area contributed by atoms with Gasteiger partial charge in [-0.1, -0.05) is 30.1 Å². The lowest BCUT2D eigenvalue weighted by atomic mass is 10.4. The molecule has 18 heavy (non-hydrogen) atoms. The molecule has 0 fully saturated rings. The van der Waals surface area contributed by atoms with E-state index in [2.05, 4.69) is 22.2 Å². The largest absolute Gasteiger partial charge is 0.440 e. The molecule has 2 aromatic heterocycles. The number of anilines is 1. The summed E-state index contributed by atoms with van der Waals surface area (Å²) in [6, 6.07) is 1.67. The van der Waals surface area contributed by atoms with Gasteiger partial charge in [0, 0.05) is 6.54 Å². The quantitative estimate of drug-likeness (QED) is 0.890. The Kier molecular flexibility index (Phi) is 4.74. The van der Waals surface area contributed by atoms with Gasteiger partial charge in [0.1, 0.15) is 17.1 Å².